The molecule has 7 nitrogen and oxygen atoms in total. The lowest BCUT2D eigenvalue weighted by Gasteiger charge is -2.24. The van der Waals surface area contributed by atoms with Gasteiger partial charge in [-0.15, -0.1) is 6.42 Å². The highest BCUT2D eigenvalue weighted by Gasteiger charge is 2.25. The first-order valence-electron chi connectivity index (χ1n) is 6.40. The van der Waals surface area contributed by atoms with Crippen LogP contribution in [-0.2, 0) is 4.74 Å². The van der Waals surface area contributed by atoms with E-state index in [1.54, 1.807) is 7.05 Å². The van der Waals surface area contributed by atoms with E-state index in [9.17, 15) is 9.50 Å². The highest BCUT2D eigenvalue weighted by Crippen LogP contribution is 2.24. The average Bonchev–Trinajstić information content (AvgIpc) is 2.48. The minimum absolute atomic E-state index is 0.0257. The number of nitrogens with two attached hydrogens (primary N) is 1. The van der Waals surface area contributed by atoms with Gasteiger partial charge in [-0.2, -0.15) is 14.4 Å². The van der Waals surface area contributed by atoms with Crippen LogP contribution in [0.25, 0.3) is 0 Å². The number of nitrogens with zero attached hydrogens (tertiary/aromatic N) is 2. The number of anilines is 3. The molecule has 1 atom stereocenters. The molecule has 0 aromatic carbocycles. The Kier molecular flexibility index (Phi) is 6.14. The number of ether oxygens (including phenoxy) is 1. The number of aromatic nitrogens is 2. The second kappa shape index (κ2) is 7.61. The molecule has 0 fully saturated rings. The number of rotatable bonds is 8. The van der Waals surface area contributed by atoms with Crippen molar-refractivity contribution < 1.29 is 14.2 Å². The molecule has 0 saturated carbocycles. The van der Waals surface area contributed by atoms with Crippen molar-refractivity contribution in [3.05, 3.63) is 6.08 Å². The molecular weight excluding hydrogens is 277 g/mol. The van der Waals surface area contributed by atoms with Crippen LogP contribution in [0.3, 0.4) is 0 Å². The maximum absolute atomic E-state index is 13.2. The van der Waals surface area contributed by atoms with E-state index in [0.717, 1.165) is 0 Å². The van der Waals surface area contributed by atoms with Crippen molar-refractivity contribution >= 4 is 17.3 Å². The largest absolute Gasteiger partial charge is 0.392 e. The van der Waals surface area contributed by atoms with Gasteiger partial charge in [-0.1, -0.05) is 5.92 Å². The summed E-state index contributed by atoms with van der Waals surface area (Å²) in [5.41, 5.74) is 5.03. The minimum Gasteiger partial charge on any atom is -0.392 e. The summed E-state index contributed by atoms with van der Waals surface area (Å²) in [6.45, 7) is 0.189. The summed E-state index contributed by atoms with van der Waals surface area (Å²) in [5, 5.41) is 15.0. The fourth-order valence-corrected chi connectivity index (χ4v) is 1.83. The maximum atomic E-state index is 13.2. The van der Waals surface area contributed by atoms with Gasteiger partial charge in [-0.25, -0.2) is 0 Å². The molecule has 1 heterocycles. The van der Waals surface area contributed by atoms with Gasteiger partial charge >= 0.3 is 6.08 Å². The first kappa shape index (κ1) is 16.9. The number of hydrogen-bond donors (Lipinski definition) is 4. The Morgan fingerprint density at radius 2 is 2.24 bits per heavy atom. The number of nitrogens with one attached hydrogen (secondary N) is 2. The number of methoxy groups -OCH3 is 1. The Balaban J connectivity index is 2.63. The Morgan fingerprint density at radius 1 is 1.52 bits per heavy atom. The van der Waals surface area contributed by atoms with Crippen LogP contribution in [0.4, 0.5) is 21.7 Å². The lowest BCUT2D eigenvalue weighted by Crippen LogP contribution is -2.34. The summed E-state index contributed by atoms with van der Waals surface area (Å²) in [6.07, 6.45) is 5.49. The van der Waals surface area contributed by atoms with Gasteiger partial charge in [-0.05, 0) is 12.8 Å². The number of aliphatic hydroxyl groups excluding tert-OH is 1. The first-order valence-corrected chi connectivity index (χ1v) is 6.40. The SMILES string of the molecule is C#C[C@@](CO)(CCCNc1nc(F)nc(N)c1NC)OC. The fourth-order valence-electron chi connectivity index (χ4n) is 1.83. The van der Waals surface area contributed by atoms with E-state index >= 15 is 0 Å². The van der Waals surface area contributed by atoms with Crippen molar-refractivity contribution in [2.24, 2.45) is 0 Å². The van der Waals surface area contributed by atoms with Crippen molar-refractivity contribution in [1.82, 2.24) is 9.97 Å². The minimum atomic E-state index is -0.997. The Hall–Kier alpha value is -2.11. The van der Waals surface area contributed by atoms with Crippen LogP contribution in [0.5, 0.6) is 0 Å². The van der Waals surface area contributed by atoms with E-state index in [1.807, 2.05) is 0 Å². The van der Waals surface area contributed by atoms with Gasteiger partial charge < -0.3 is 26.2 Å². The molecule has 0 aliphatic rings. The molecule has 0 amide bonds. The topological polar surface area (TPSA) is 105 Å². The van der Waals surface area contributed by atoms with Crippen LogP contribution in [0.2, 0.25) is 0 Å². The van der Waals surface area contributed by atoms with Crippen LogP contribution in [0, 0.1) is 18.4 Å². The third kappa shape index (κ3) is 4.18. The predicted octanol–water partition coefficient (Wildman–Crippen LogP) is 0.442. The molecule has 0 saturated heterocycles. The summed E-state index contributed by atoms with van der Waals surface area (Å²) in [7, 11) is 3.08. The predicted molar refractivity (Wildman–Crippen MR) is 79.3 cm³/mol. The average molecular weight is 297 g/mol. The highest BCUT2D eigenvalue weighted by atomic mass is 19.1. The van der Waals surface area contributed by atoms with Crippen LogP contribution < -0.4 is 16.4 Å². The quantitative estimate of drug-likeness (QED) is 0.313. The van der Waals surface area contributed by atoms with Gasteiger partial charge in [0.05, 0.1) is 6.61 Å². The van der Waals surface area contributed by atoms with Gasteiger partial charge in [0.2, 0.25) is 0 Å². The van der Waals surface area contributed by atoms with Crippen molar-refractivity contribution in [2.75, 3.05) is 43.7 Å². The van der Waals surface area contributed by atoms with Crippen LogP contribution in [-0.4, -0.2) is 48.0 Å². The van der Waals surface area contributed by atoms with Gasteiger partial charge in [0.1, 0.15) is 5.69 Å². The zero-order valence-corrected chi connectivity index (χ0v) is 12.1. The van der Waals surface area contributed by atoms with Crippen LogP contribution in [0.1, 0.15) is 12.8 Å². The zero-order valence-electron chi connectivity index (χ0n) is 12.1. The van der Waals surface area contributed by atoms with E-state index < -0.39 is 11.7 Å². The van der Waals surface area contributed by atoms with E-state index in [-0.39, 0.29) is 18.2 Å². The number of hydrogen-bond acceptors (Lipinski definition) is 7. The molecule has 8 heteroatoms. The molecule has 0 spiro atoms. The maximum Gasteiger partial charge on any atom is 0.312 e. The van der Waals surface area contributed by atoms with Crippen molar-refractivity contribution in [1.29, 1.82) is 0 Å². The Labute approximate surface area is 123 Å². The molecule has 1 aromatic heterocycles. The second-order valence-electron chi connectivity index (χ2n) is 4.38. The van der Waals surface area contributed by atoms with Gasteiger partial charge in [0, 0.05) is 20.7 Å². The van der Waals surface area contributed by atoms with Crippen molar-refractivity contribution in [3.63, 3.8) is 0 Å². The molecule has 1 aromatic rings. The number of nitrogen functional groups attached to an aromatic ring is 1. The van der Waals surface area contributed by atoms with Gasteiger partial charge in [-0.3, -0.25) is 0 Å². The third-order valence-corrected chi connectivity index (χ3v) is 3.12. The Morgan fingerprint density at radius 3 is 2.76 bits per heavy atom. The Bertz CT molecular complexity index is 514. The number of aliphatic hydroxyl groups is 1. The summed E-state index contributed by atoms with van der Waals surface area (Å²) < 4.78 is 18.3. The summed E-state index contributed by atoms with van der Waals surface area (Å²) in [4.78, 5) is 7.08. The molecule has 0 radical (unpaired) electrons. The second-order valence-corrected chi connectivity index (χ2v) is 4.38. The molecule has 0 aliphatic heterocycles. The normalized spacial score (nSPS) is 13.3. The number of terminal acetylenes is 1. The highest BCUT2D eigenvalue weighted by molar-refractivity contribution is 5.74. The molecule has 0 aliphatic carbocycles. The molecular formula is C13H20FN5O2. The third-order valence-electron chi connectivity index (χ3n) is 3.12. The molecule has 21 heavy (non-hydrogen) atoms. The molecule has 0 bridgehead atoms. The van der Waals surface area contributed by atoms with Crippen molar-refractivity contribution in [3.8, 4) is 12.3 Å². The number of halogens is 1. The standard InChI is InChI=1S/C13H20FN5O2/c1-4-13(8-20,21-3)6-5-7-17-11-9(16-2)10(15)18-12(14)19-11/h1,16,20H,5-8H2,2-3H3,(H3,15,17,18,19)/t13-/m0/s1. The lowest BCUT2D eigenvalue weighted by atomic mass is 9.99. The monoisotopic (exact) mass is 297 g/mol. The fraction of sp³-hybridized carbons (Fsp3) is 0.538. The smallest absolute Gasteiger partial charge is 0.312 e. The lowest BCUT2D eigenvalue weighted by molar-refractivity contribution is -0.0128. The summed E-state index contributed by atoms with van der Waals surface area (Å²) in [5.74, 6) is 2.74. The van der Waals surface area contributed by atoms with E-state index in [2.05, 4.69) is 26.5 Å². The summed E-state index contributed by atoms with van der Waals surface area (Å²) in [6, 6.07) is 0. The molecule has 5 N–H and O–H groups in total. The van der Waals surface area contributed by atoms with Gasteiger partial charge in [0.25, 0.3) is 0 Å². The van der Waals surface area contributed by atoms with Crippen molar-refractivity contribution in [2.45, 2.75) is 18.4 Å². The molecule has 1 rings (SSSR count). The molecule has 116 valence electrons. The summed E-state index contributed by atoms with van der Waals surface area (Å²) >= 11 is 0. The van der Waals surface area contributed by atoms with Crippen LogP contribution in [0.15, 0.2) is 0 Å². The van der Waals surface area contributed by atoms with E-state index in [1.165, 1.54) is 7.11 Å². The zero-order chi connectivity index (χ0) is 15.9. The van der Waals surface area contributed by atoms with Crippen LogP contribution >= 0.6 is 0 Å². The van der Waals surface area contributed by atoms with E-state index in [4.69, 9.17) is 16.9 Å². The van der Waals surface area contributed by atoms with Gasteiger partial charge in [0.15, 0.2) is 17.2 Å². The molecule has 0 unspecified atom stereocenters. The van der Waals surface area contributed by atoms with E-state index in [0.29, 0.717) is 25.1 Å². The first-order chi connectivity index (χ1) is 10.0.